The first-order valence-electron chi connectivity index (χ1n) is 6.77. The van der Waals surface area contributed by atoms with Crippen molar-refractivity contribution in [1.82, 2.24) is 5.32 Å². The third kappa shape index (κ3) is 3.93. The molecule has 0 saturated carbocycles. The van der Waals surface area contributed by atoms with E-state index in [0.29, 0.717) is 6.42 Å². The zero-order chi connectivity index (χ0) is 14.4. The summed E-state index contributed by atoms with van der Waals surface area (Å²) in [5, 5.41) is 6.08. The second kappa shape index (κ2) is 6.87. The highest BCUT2D eigenvalue weighted by atomic mass is 16.1. The maximum atomic E-state index is 12.1. The molecule has 20 heavy (non-hydrogen) atoms. The summed E-state index contributed by atoms with van der Waals surface area (Å²) in [7, 11) is 1.89. The summed E-state index contributed by atoms with van der Waals surface area (Å²) >= 11 is 0. The van der Waals surface area contributed by atoms with Crippen LogP contribution < -0.4 is 10.6 Å². The molecule has 2 aromatic rings. The van der Waals surface area contributed by atoms with Gasteiger partial charge in [0.15, 0.2) is 0 Å². The molecule has 0 fully saturated rings. The summed E-state index contributed by atoms with van der Waals surface area (Å²) in [6, 6.07) is 15.9. The minimum atomic E-state index is 0.0115. The van der Waals surface area contributed by atoms with Gasteiger partial charge in [-0.25, -0.2) is 0 Å². The Morgan fingerprint density at radius 3 is 2.45 bits per heavy atom. The number of carbonyl (C=O) groups excluding carboxylic acids is 1. The topological polar surface area (TPSA) is 41.1 Å². The van der Waals surface area contributed by atoms with Gasteiger partial charge in [-0.15, -0.1) is 0 Å². The van der Waals surface area contributed by atoms with Crippen molar-refractivity contribution >= 4 is 11.6 Å². The molecule has 0 aliphatic heterocycles. The van der Waals surface area contributed by atoms with Crippen molar-refractivity contribution in [3.63, 3.8) is 0 Å². The Balaban J connectivity index is 2.02. The molecule has 2 N–H and O–H groups in total. The number of nitrogens with one attached hydrogen (secondary N) is 2. The molecule has 0 bridgehead atoms. The fourth-order valence-electron chi connectivity index (χ4n) is 2.07. The SMILES string of the molecule is CNCc1ccccc1NC(=O)Cc1ccc(C)cc1. The molecule has 104 valence electrons. The van der Waals surface area contributed by atoms with E-state index in [0.717, 1.165) is 23.4 Å². The number of anilines is 1. The Hall–Kier alpha value is -2.13. The second-order valence-electron chi connectivity index (χ2n) is 4.90. The molecule has 0 spiro atoms. The van der Waals surface area contributed by atoms with Crippen molar-refractivity contribution in [2.75, 3.05) is 12.4 Å². The number of aryl methyl sites for hydroxylation is 1. The van der Waals surface area contributed by atoms with Crippen LogP contribution in [0.4, 0.5) is 5.69 Å². The normalized spacial score (nSPS) is 10.3. The van der Waals surface area contributed by atoms with Crippen molar-refractivity contribution in [2.45, 2.75) is 19.9 Å². The molecular formula is C17H20N2O. The van der Waals surface area contributed by atoms with Gasteiger partial charge in [0.2, 0.25) is 5.91 Å². The van der Waals surface area contributed by atoms with Gasteiger partial charge in [0.05, 0.1) is 6.42 Å². The first-order chi connectivity index (χ1) is 9.69. The van der Waals surface area contributed by atoms with E-state index in [1.165, 1.54) is 5.56 Å². The van der Waals surface area contributed by atoms with Crippen LogP contribution in [0.3, 0.4) is 0 Å². The van der Waals surface area contributed by atoms with Gasteiger partial charge >= 0.3 is 0 Å². The zero-order valence-electron chi connectivity index (χ0n) is 11.9. The maximum Gasteiger partial charge on any atom is 0.228 e. The highest BCUT2D eigenvalue weighted by molar-refractivity contribution is 5.93. The third-order valence-electron chi connectivity index (χ3n) is 3.14. The lowest BCUT2D eigenvalue weighted by molar-refractivity contribution is -0.115. The van der Waals surface area contributed by atoms with E-state index in [-0.39, 0.29) is 5.91 Å². The van der Waals surface area contributed by atoms with Crippen LogP contribution in [0.1, 0.15) is 16.7 Å². The summed E-state index contributed by atoms with van der Waals surface area (Å²) < 4.78 is 0. The summed E-state index contributed by atoms with van der Waals surface area (Å²) in [6.07, 6.45) is 0.397. The summed E-state index contributed by atoms with van der Waals surface area (Å²) in [5.74, 6) is 0.0115. The number of carbonyl (C=O) groups is 1. The van der Waals surface area contributed by atoms with Gasteiger partial charge in [-0.3, -0.25) is 4.79 Å². The number of rotatable bonds is 5. The van der Waals surface area contributed by atoms with E-state index in [1.54, 1.807) is 0 Å². The predicted molar refractivity (Wildman–Crippen MR) is 82.7 cm³/mol. The standard InChI is InChI=1S/C17H20N2O/c1-13-7-9-14(10-8-13)11-17(20)19-16-6-4-3-5-15(16)12-18-2/h3-10,18H,11-12H2,1-2H3,(H,19,20). The molecule has 0 atom stereocenters. The average molecular weight is 268 g/mol. The Morgan fingerprint density at radius 1 is 1.05 bits per heavy atom. The van der Waals surface area contributed by atoms with Crippen LogP contribution >= 0.6 is 0 Å². The van der Waals surface area contributed by atoms with Crippen LogP contribution in [0.25, 0.3) is 0 Å². The molecule has 3 nitrogen and oxygen atoms in total. The van der Waals surface area contributed by atoms with Gasteiger partial charge in [0.25, 0.3) is 0 Å². The summed E-state index contributed by atoms with van der Waals surface area (Å²) in [4.78, 5) is 12.1. The van der Waals surface area contributed by atoms with Crippen molar-refractivity contribution in [2.24, 2.45) is 0 Å². The number of amides is 1. The van der Waals surface area contributed by atoms with Gasteiger partial charge in [-0.1, -0.05) is 48.0 Å². The molecule has 0 aromatic heterocycles. The van der Waals surface area contributed by atoms with E-state index in [2.05, 4.69) is 10.6 Å². The molecule has 0 unspecified atom stereocenters. The highest BCUT2D eigenvalue weighted by Gasteiger charge is 2.07. The van der Waals surface area contributed by atoms with Crippen LogP contribution in [0.2, 0.25) is 0 Å². The number of benzene rings is 2. The van der Waals surface area contributed by atoms with Gasteiger partial charge in [-0.05, 0) is 31.2 Å². The molecule has 0 saturated heterocycles. The second-order valence-corrected chi connectivity index (χ2v) is 4.90. The molecule has 0 aliphatic rings. The minimum absolute atomic E-state index is 0.0115. The van der Waals surface area contributed by atoms with Crippen LogP contribution in [0, 0.1) is 6.92 Å². The number of hydrogen-bond acceptors (Lipinski definition) is 2. The van der Waals surface area contributed by atoms with Gasteiger partial charge in [-0.2, -0.15) is 0 Å². The number of para-hydroxylation sites is 1. The average Bonchev–Trinajstić information content (AvgIpc) is 2.44. The Bertz CT molecular complexity index is 576. The van der Waals surface area contributed by atoms with E-state index < -0.39 is 0 Å². The first-order valence-corrected chi connectivity index (χ1v) is 6.77. The van der Waals surface area contributed by atoms with Crippen molar-refractivity contribution in [3.8, 4) is 0 Å². The Morgan fingerprint density at radius 2 is 1.75 bits per heavy atom. The zero-order valence-corrected chi connectivity index (χ0v) is 11.9. The first kappa shape index (κ1) is 14.3. The third-order valence-corrected chi connectivity index (χ3v) is 3.14. The van der Waals surface area contributed by atoms with Crippen molar-refractivity contribution in [3.05, 3.63) is 65.2 Å². The highest BCUT2D eigenvalue weighted by Crippen LogP contribution is 2.15. The lowest BCUT2D eigenvalue weighted by atomic mass is 10.1. The fraction of sp³-hybridized carbons (Fsp3) is 0.235. The van der Waals surface area contributed by atoms with Crippen LogP contribution in [-0.4, -0.2) is 13.0 Å². The van der Waals surface area contributed by atoms with Crippen LogP contribution in [0.15, 0.2) is 48.5 Å². The smallest absolute Gasteiger partial charge is 0.228 e. The Kier molecular flexibility index (Phi) is 4.91. The molecule has 0 radical (unpaired) electrons. The molecular weight excluding hydrogens is 248 g/mol. The molecule has 2 rings (SSSR count). The Labute approximate surface area is 120 Å². The fourth-order valence-corrected chi connectivity index (χ4v) is 2.07. The summed E-state index contributed by atoms with van der Waals surface area (Å²) in [6.45, 7) is 2.78. The lowest BCUT2D eigenvalue weighted by Gasteiger charge is -2.10. The van der Waals surface area contributed by atoms with Gasteiger partial charge in [0.1, 0.15) is 0 Å². The number of hydrogen-bond donors (Lipinski definition) is 2. The van der Waals surface area contributed by atoms with Crippen molar-refractivity contribution in [1.29, 1.82) is 0 Å². The predicted octanol–water partition coefficient (Wildman–Crippen LogP) is 2.90. The molecule has 2 aromatic carbocycles. The largest absolute Gasteiger partial charge is 0.325 e. The molecule has 1 amide bonds. The van der Waals surface area contributed by atoms with E-state index >= 15 is 0 Å². The van der Waals surface area contributed by atoms with E-state index in [9.17, 15) is 4.79 Å². The molecule has 0 heterocycles. The maximum absolute atomic E-state index is 12.1. The van der Waals surface area contributed by atoms with E-state index in [1.807, 2.05) is 62.5 Å². The van der Waals surface area contributed by atoms with Gasteiger partial charge in [0, 0.05) is 12.2 Å². The molecule has 3 heteroatoms. The lowest BCUT2D eigenvalue weighted by Crippen LogP contribution is -2.17. The molecule has 0 aliphatic carbocycles. The van der Waals surface area contributed by atoms with Gasteiger partial charge < -0.3 is 10.6 Å². The van der Waals surface area contributed by atoms with Crippen LogP contribution in [-0.2, 0) is 17.8 Å². The van der Waals surface area contributed by atoms with Crippen molar-refractivity contribution < 1.29 is 4.79 Å². The minimum Gasteiger partial charge on any atom is -0.325 e. The summed E-state index contributed by atoms with van der Waals surface area (Å²) in [5.41, 5.74) is 4.19. The quantitative estimate of drug-likeness (QED) is 0.875. The van der Waals surface area contributed by atoms with Crippen LogP contribution in [0.5, 0.6) is 0 Å². The monoisotopic (exact) mass is 268 g/mol. The van der Waals surface area contributed by atoms with E-state index in [4.69, 9.17) is 0 Å².